The predicted molar refractivity (Wildman–Crippen MR) is 26.1 cm³/mol. The van der Waals surface area contributed by atoms with E-state index >= 15 is 0 Å². The number of nitrogens with one attached hydrogen (secondary N) is 2. The van der Waals surface area contributed by atoms with Gasteiger partial charge in [-0.2, -0.15) is 0 Å². The third kappa shape index (κ3) is 1.57. The molecule has 3 nitrogen and oxygen atoms in total. The third-order valence-electron chi connectivity index (χ3n) is 0.745. The van der Waals surface area contributed by atoms with Gasteiger partial charge in [-0.05, 0) is 0 Å². The Morgan fingerprint density at radius 2 is 2.57 bits per heavy atom. The third-order valence-corrected chi connectivity index (χ3v) is 0.745. The lowest BCUT2D eigenvalue weighted by molar-refractivity contribution is -0.869. The van der Waals surface area contributed by atoms with Crippen LogP contribution in [0, 0.1) is 5.21 Å². The number of allylic oxidation sites excluding steroid dienone is 2. The molecule has 0 fully saturated rings. The Balaban J connectivity index is 2.09. The van der Waals surface area contributed by atoms with Crippen LogP contribution in [0.4, 0.5) is 0 Å². The molecule has 0 aromatic heterocycles. The summed E-state index contributed by atoms with van der Waals surface area (Å²) < 4.78 is 0. The van der Waals surface area contributed by atoms with Gasteiger partial charge in [0, 0.05) is 6.42 Å². The molecule has 0 aromatic carbocycles. The molecule has 0 aromatic rings. The minimum Gasteiger partial charge on any atom is -0.608 e. The van der Waals surface area contributed by atoms with E-state index in [0.29, 0.717) is 0 Å². The van der Waals surface area contributed by atoms with Crippen molar-refractivity contribution in [1.29, 1.82) is 0 Å². The van der Waals surface area contributed by atoms with Gasteiger partial charge in [0.1, 0.15) is 0 Å². The van der Waals surface area contributed by atoms with E-state index in [1.54, 1.807) is 0 Å². The molecule has 1 unspecified atom stereocenters. The molecule has 0 bridgehead atoms. The van der Waals surface area contributed by atoms with Crippen molar-refractivity contribution in [1.82, 2.24) is 5.43 Å². The van der Waals surface area contributed by atoms with Gasteiger partial charge in [-0.25, -0.2) is 5.43 Å². The molecule has 0 aliphatic heterocycles. The van der Waals surface area contributed by atoms with Crippen molar-refractivity contribution >= 4 is 0 Å². The van der Waals surface area contributed by atoms with E-state index < -0.39 is 0 Å². The average molecular weight is 100 g/mol. The topological polar surface area (TPSA) is 39.5 Å². The first-order valence-electron chi connectivity index (χ1n) is 2.25. The summed E-state index contributed by atoms with van der Waals surface area (Å²) in [5.41, 5.74) is 3.70. The second-order valence-corrected chi connectivity index (χ2v) is 1.61. The SMILES string of the molecule is C[NH+]([O-])NC1=CC1. The van der Waals surface area contributed by atoms with Crippen molar-refractivity contribution < 1.29 is 5.17 Å². The van der Waals surface area contributed by atoms with E-state index in [1.165, 1.54) is 7.05 Å². The summed E-state index contributed by atoms with van der Waals surface area (Å²) in [5.74, 6) is 0. The summed E-state index contributed by atoms with van der Waals surface area (Å²) in [6.45, 7) is 0. The van der Waals surface area contributed by atoms with Crippen LogP contribution in [-0.4, -0.2) is 7.05 Å². The molecule has 0 heterocycles. The van der Waals surface area contributed by atoms with E-state index in [2.05, 4.69) is 5.43 Å². The molecule has 0 saturated carbocycles. The lowest BCUT2D eigenvalue weighted by Crippen LogP contribution is -3.10. The van der Waals surface area contributed by atoms with Crippen LogP contribution in [0.5, 0.6) is 0 Å². The lowest BCUT2D eigenvalue weighted by atomic mass is 10.8. The maximum absolute atomic E-state index is 10.1. The minimum absolute atomic E-state index is 0.0313. The predicted octanol–water partition coefficient (Wildman–Crippen LogP) is -1.21. The van der Waals surface area contributed by atoms with Gasteiger partial charge in [-0.1, -0.05) is 6.08 Å². The van der Waals surface area contributed by atoms with Crippen molar-refractivity contribution in [2.45, 2.75) is 6.42 Å². The zero-order chi connectivity index (χ0) is 5.28. The van der Waals surface area contributed by atoms with Gasteiger partial charge in [-0.3, -0.25) is 5.17 Å². The molecule has 1 rings (SSSR count). The Hall–Kier alpha value is -0.540. The van der Waals surface area contributed by atoms with Crippen LogP contribution in [0.1, 0.15) is 6.42 Å². The van der Waals surface area contributed by atoms with Crippen molar-refractivity contribution in [3.63, 3.8) is 0 Å². The van der Waals surface area contributed by atoms with E-state index in [4.69, 9.17) is 0 Å². The molecule has 0 radical (unpaired) electrons. The summed E-state index contributed by atoms with van der Waals surface area (Å²) in [6.07, 6.45) is 2.95. The molecule has 7 heavy (non-hydrogen) atoms. The maximum Gasteiger partial charge on any atom is 0.0887 e. The molecule has 0 saturated heterocycles. The van der Waals surface area contributed by atoms with E-state index in [9.17, 15) is 5.21 Å². The zero-order valence-corrected chi connectivity index (χ0v) is 4.19. The van der Waals surface area contributed by atoms with Crippen LogP contribution in [0.3, 0.4) is 0 Å². The van der Waals surface area contributed by atoms with Gasteiger partial charge in [0.2, 0.25) is 0 Å². The maximum atomic E-state index is 10.1. The van der Waals surface area contributed by atoms with Gasteiger partial charge in [0.25, 0.3) is 0 Å². The highest BCUT2D eigenvalue weighted by atomic mass is 16.5. The summed E-state index contributed by atoms with van der Waals surface area (Å²) in [5, 5.41) is 10.2. The van der Waals surface area contributed by atoms with Crippen LogP contribution in [0.15, 0.2) is 11.8 Å². The van der Waals surface area contributed by atoms with Gasteiger partial charge in [0.15, 0.2) is 0 Å². The normalized spacial score (nSPS) is 20.6. The van der Waals surface area contributed by atoms with Crippen molar-refractivity contribution in [2.24, 2.45) is 0 Å². The molecule has 1 aliphatic rings. The molecule has 0 amide bonds. The molecule has 40 valence electrons. The molecule has 0 spiro atoms. The fourth-order valence-corrected chi connectivity index (χ4v) is 0.379. The Labute approximate surface area is 42.2 Å². The molecule has 3 heteroatoms. The van der Waals surface area contributed by atoms with Gasteiger partial charge >= 0.3 is 0 Å². The summed E-state index contributed by atoms with van der Waals surface area (Å²) in [7, 11) is 1.51. The fourth-order valence-electron chi connectivity index (χ4n) is 0.379. The summed E-state index contributed by atoms with van der Waals surface area (Å²) in [4.78, 5) is 0. The summed E-state index contributed by atoms with van der Waals surface area (Å²) in [6, 6.07) is 0. The molecule has 2 N–H and O–H groups in total. The zero-order valence-electron chi connectivity index (χ0n) is 4.19. The van der Waals surface area contributed by atoms with Crippen LogP contribution in [0.25, 0.3) is 0 Å². The first kappa shape index (κ1) is 4.61. The Kier molecular flexibility index (Phi) is 1.00. The van der Waals surface area contributed by atoms with Crippen molar-refractivity contribution in [3.05, 3.63) is 17.0 Å². The highest BCUT2D eigenvalue weighted by Crippen LogP contribution is 2.10. The molecule has 1 aliphatic carbocycles. The highest BCUT2D eigenvalue weighted by Gasteiger charge is 2.06. The molecular formula is C4H8N2O. The quantitative estimate of drug-likeness (QED) is 0.427. The van der Waals surface area contributed by atoms with Crippen LogP contribution in [0.2, 0.25) is 0 Å². The second kappa shape index (κ2) is 1.52. The number of hydroxylamine groups is 1. The highest BCUT2D eigenvalue weighted by molar-refractivity contribution is 5.17. The second-order valence-electron chi connectivity index (χ2n) is 1.61. The van der Waals surface area contributed by atoms with E-state index in [0.717, 1.165) is 12.1 Å². The summed E-state index contributed by atoms with van der Waals surface area (Å²) >= 11 is 0. The van der Waals surface area contributed by atoms with Gasteiger partial charge in [0.05, 0.1) is 12.7 Å². The van der Waals surface area contributed by atoms with Crippen LogP contribution in [-0.2, 0) is 0 Å². The smallest absolute Gasteiger partial charge is 0.0887 e. The van der Waals surface area contributed by atoms with Gasteiger partial charge < -0.3 is 5.21 Å². The number of hydrogen-bond acceptors (Lipinski definition) is 2. The number of rotatable bonds is 2. The first-order valence-corrected chi connectivity index (χ1v) is 2.25. The van der Waals surface area contributed by atoms with Crippen LogP contribution < -0.4 is 10.6 Å². The standard InChI is InChI=1S/C4H8N2O/c1-6(7)5-4-2-3-4/h2,5-6H,3H2,1H3. The van der Waals surface area contributed by atoms with E-state index in [-0.39, 0.29) is 5.17 Å². The number of quaternary nitrogens is 1. The average Bonchev–Trinajstić information content (AvgIpc) is 2.17. The van der Waals surface area contributed by atoms with Crippen LogP contribution >= 0.6 is 0 Å². The van der Waals surface area contributed by atoms with Crippen molar-refractivity contribution in [2.75, 3.05) is 7.05 Å². The van der Waals surface area contributed by atoms with Gasteiger partial charge in [-0.15, -0.1) is 0 Å². The van der Waals surface area contributed by atoms with Crippen molar-refractivity contribution in [3.8, 4) is 0 Å². The Morgan fingerprint density at radius 3 is 2.71 bits per heavy atom. The first-order chi connectivity index (χ1) is 3.29. The molecular weight excluding hydrogens is 92.1 g/mol. The number of hydrogen-bond donors (Lipinski definition) is 2. The molecule has 1 atom stereocenters. The lowest BCUT2D eigenvalue weighted by Gasteiger charge is -2.14. The fraction of sp³-hybridized carbons (Fsp3) is 0.500. The minimum atomic E-state index is 0.0313. The Morgan fingerprint density at radius 1 is 2.00 bits per heavy atom. The Bertz CT molecular complexity index is 97.9. The largest absolute Gasteiger partial charge is 0.608 e. The monoisotopic (exact) mass is 100 g/mol. The van der Waals surface area contributed by atoms with E-state index in [1.807, 2.05) is 6.08 Å².